The van der Waals surface area contributed by atoms with E-state index in [1.54, 1.807) is 48.1 Å². The smallest absolute Gasteiger partial charge is 0.325 e. The minimum Gasteiger partial charge on any atom is -0.369 e. The van der Waals surface area contributed by atoms with Crippen LogP contribution in [0, 0.1) is 0 Å². The predicted molar refractivity (Wildman–Crippen MR) is 122 cm³/mol. The lowest BCUT2D eigenvalue weighted by Crippen LogP contribution is -2.77. The third kappa shape index (κ3) is 3.99. The number of likely N-dealkylation sites (N-methyl/N-ethyl adjacent to an activating group) is 1. The minimum atomic E-state index is -1.15. The van der Waals surface area contributed by atoms with Gasteiger partial charge in [-0.15, -0.1) is 11.8 Å². The molecule has 0 aliphatic carbocycles. The van der Waals surface area contributed by atoms with Crippen molar-refractivity contribution in [3.8, 4) is 0 Å². The number of nitrogens with zero attached hydrogens (tertiary/aromatic N) is 3. The number of benzene rings is 1. The van der Waals surface area contributed by atoms with Gasteiger partial charge in [-0.3, -0.25) is 24.1 Å². The van der Waals surface area contributed by atoms with Crippen LogP contribution in [0.3, 0.4) is 0 Å². The van der Waals surface area contributed by atoms with Crippen molar-refractivity contribution in [3.05, 3.63) is 35.9 Å². The molecule has 2 fully saturated rings. The molecule has 32 heavy (non-hydrogen) atoms. The van der Waals surface area contributed by atoms with Crippen molar-refractivity contribution in [2.45, 2.75) is 30.8 Å². The molecule has 12 heteroatoms. The Kier molecular flexibility index (Phi) is 6.93. The summed E-state index contributed by atoms with van der Waals surface area (Å²) >= 11 is 1.24. The fourth-order valence-electron chi connectivity index (χ4n) is 3.86. The first-order chi connectivity index (χ1) is 15.2. The van der Waals surface area contributed by atoms with Gasteiger partial charge in [0.05, 0.1) is 6.04 Å². The Morgan fingerprint density at radius 3 is 2.41 bits per heavy atom. The summed E-state index contributed by atoms with van der Waals surface area (Å²) < 4.78 is 1.67. The number of thioether (sulfide) groups is 1. The van der Waals surface area contributed by atoms with Crippen molar-refractivity contribution < 1.29 is 24.0 Å². The lowest BCUT2D eigenvalue weighted by molar-refractivity contribution is -0.153. The standard InChI is InChI=1S/C20H27N5O5SSi/c1-4-23-10-11-24(17(28)16(23)27)19(30)21-14(13-8-6-5-7-9-13)15(26)22-20(31-3)12(2)25(32)18(20)29/h5-9,12,14H,4,10-11H2,1-3,32H3,(H,21,30)(H,22,26). The van der Waals surface area contributed by atoms with Gasteiger partial charge in [0.25, 0.3) is 5.91 Å². The normalized spacial score (nSPS) is 24.3. The lowest BCUT2D eigenvalue weighted by atomic mass is 9.98. The number of urea groups is 1. The molecule has 1 aromatic carbocycles. The molecule has 172 valence electrons. The molecule has 2 aliphatic heterocycles. The summed E-state index contributed by atoms with van der Waals surface area (Å²) in [7, 11) is 0.538. The Bertz CT molecular complexity index is 948. The van der Waals surface area contributed by atoms with E-state index in [2.05, 4.69) is 10.6 Å². The average molecular weight is 478 g/mol. The van der Waals surface area contributed by atoms with Gasteiger partial charge in [0.2, 0.25) is 5.91 Å². The van der Waals surface area contributed by atoms with Crippen LogP contribution in [-0.4, -0.2) is 91.2 Å². The summed E-state index contributed by atoms with van der Waals surface area (Å²) in [6.45, 7) is 4.25. The van der Waals surface area contributed by atoms with Gasteiger partial charge in [0.1, 0.15) is 16.4 Å². The Balaban J connectivity index is 1.82. The van der Waals surface area contributed by atoms with E-state index < -0.39 is 34.7 Å². The molecule has 1 aromatic rings. The number of imide groups is 1. The molecule has 0 spiro atoms. The van der Waals surface area contributed by atoms with E-state index >= 15 is 0 Å². The van der Waals surface area contributed by atoms with E-state index in [0.717, 1.165) is 4.90 Å². The number of nitrogens with one attached hydrogen (secondary N) is 2. The van der Waals surface area contributed by atoms with Crippen LogP contribution in [0.25, 0.3) is 0 Å². The van der Waals surface area contributed by atoms with Crippen molar-refractivity contribution in [1.82, 2.24) is 25.0 Å². The van der Waals surface area contributed by atoms with Crippen LogP contribution in [-0.2, 0) is 19.2 Å². The predicted octanol–water partition coefficient (Wildman–Crippen LogP) is -1.19. The first kappa shape index (κ1) is 23.8. The topological polar surface area (TPSA) is 119 Å². The number of carbonyl (C=O) groups excluding carboxylic acids is 5. The summed E-state index contributed by atoms with van der Waals surface area (Å²) in [4.78, 5) is 64.4. The molecule has 2 aliphatic rings. The molecular formula is C20H27N5O5SSi. The largest absolute Gasteiger partial charge is 0.369 e. The van der Waals surface area contributed by atoms with Gasteiger partial charge in [0, 0.05) is 19.6 Å². The number of piperazine rings is 1. The minimum absolute atomic E-state index is 0.0348. The number of rotatable bonds is 6. The molecule has 3 atom stereocenters. The highest BCUT2D eigenvalue weighted by Crippen LogP contribution is 2.38. The second kappa shape index (κ2) is 9.33. The van der Waals surface area contributed by atoms with E-state index in [9.17, 15) is 24.0 Å². The quantitative estimate of drug-likeness (QED) is 0.230. The number of amides is 6. The highest BCUT2D eigenvalue weighted by atomic mass is 32.2. The Morgan fingerprint density at radius 1 is 1.19 bits per heavy atom. The van der Waals surface area contributed by atoms with E-state index in [1.165, 1.54) is 16.7 Å². The van der Waals surface area contributed by atoms with Crippen molar-refractivity contribution in [2.75, 3.05) is 25.9 Å². The molecule has 3 unspecified atom stereocenters. The molecule has 3 rings (SSSR count). The summed E-state index contributed by atoms with van der Waals surface area (Å²) in [6.07, 6.45) is 1.75. The fourth-order valence-corrected chi connectivity index (χ4v) is 5.97. The molecule has 0 radical (unpaired) electrons. The summed E-state index contributed by atoms with van der Waals surface area (Å²) in [5.74, 6) is -2.43. The van der Waals surface area contributed by atoms with E-state index in [0.29, 0.717) is 22.5 Å². The van der Waals surface area contributed by atoms with Gasteiger partial charge in [0.15, 0.2) is 4.87 Å². The summed E-state index contributed by atoms with van der Waals surface area (Å²) in [6, 6.07) is 6.38. The van der Waals surface area contributed by atoms with Gasteiger partial charge in [-0.25, -0.2) is 4.79 Å². The highest BCUT2D eigenvalue weighted by molar-refractivity contribution is 8.00. The van der Waals surface area contributed by atoms with E-state index in [1.807, 2.05) is 6.92 Å². The molecule has 2 N–H and O–H groups in total. The zero-order valence-corrected chi connectivity index (χ0v) is 21.3. The maximum atomic E-state index is 13.3. The van der Waals surface area contributed by atoms with Gasteiger partial charge in [-0.2, -0.15) is 0 Å². The molecule has 2 saturated heterocycles. The third-order valence-electron chi connectivity index (χ3n) is 6.04. The van der Waals surface area contributed by atoms with Crippen molar-refractivity contribution in [1.29, 1.82) is 0 Å². The van der Waals surface area contributed by atoms with Crippen molar-refractivity contribution >= 4 is 51.8 Å². The summed E-state index contributed by atoms with van der Waals surface area (Å²) in [5, 5.41) is 5.39. The number of carbonyl (C=O) groups is 5. The number of hydrogen-bond acceptors (Lipinski definition) is 6. The first-order valence-electron chi connectivity index (χ1n) is 10.3. The van der Waals surface area contributed by atoms with E-state index in [-0.39, 0.29) is 25.0 Å². The molecule has 6 amide bonds. The molecule has 0 saturated carbocycles. The van der Waals surface area contributed by atoms with Crippen LogP contribution in [0.1, 0.15) is 25.5 Å². The van der Waals surface area contributed by atoms with Gasteiger partial charge in [-0.05, 0) is 25.7 Å². The first-order valence-corrected chi connectivity index (χ1v) is 12.4. The second-order valence-electron chi connectivity index (χ2n) is 7.66. The Hall–Kier alpha value is -2.86. The maximum absolute atomic E-state index is 13.3. The van der Waals surface area contributed by atoms with Gasteiger partial charge in [-0.1, -0.05) is 30.3 Å². The van der Waals surface area contributed by atoms with Gasteiger partial charge >= 0.3 is 17.8 Å². The second-order valence-corrected chi connectivity index (χ2v) is 9.67. The van der Waals surface area contributed by atoms with E-state index in [4.69, 9.17) is 0 Å². The van der Waals surface area contributed by atoms with Crippen LogP contribution < -0.4 is 10.6 Å². The molecule has 10 nitrogen and oxygen atoms in total. The molecule has 2 heterocycles. The zero-order valence-electron chi connectivity index (χ0n) is 18.5. The Morgan fingerprint density at radius 2 is 1.84 bits per heavy atom. The van der Waals surface area contributed by atoms with Crippen LogP contribution >= 0.6 is 11.8 Å². The highest BCUT2D eigenvalue weighted by Gasteiger charge is 2.57. The van der Waals surface area contributed by atoms with Crippen LogP contribution in [0.15, 0.2) is 30.3 Å². The Labute approximate surface area is 193 Å². The zero-order chi connectivity index (χ0) is 23.6. The third-order valence-corrected chi connectivity index (χ3v) is 8.48. The molecule has 0 aromatic heterocycles. The van der Waals surface area contributed by atoms with Crippen LogP contribution in [0.2, 0.25) is 0 Å². The van der Waals surface area contributed by atoms with Crippen molar-refractivity contribution in [2.24, 2.45) is 0 Å². The average Bonchev–Trinajstić information content (AvgIpc) is 2.81. The SMILES string of the molecule is CCN1CCN(C(=O)NC(C(=O)NC2(SC)C(=O)N([SiH3])C2C)c2ccccc2)C(=O)C1=O. The molecule has 0 bridgehead atoms. The molecular weight excluding hydrogens is 450 g/mol. The van der Waals surface area contributed by atoms with Crippen LogP contribution in [0.4, 0.5) is 4.79 Å². The van der Waals surface area contributed by atoms with Gasteiger partial charge < -0.3 is 20.1 Å². The maximum Gasteiger partial charge on any atom is 0.325 e. The number of hydrogen-bond donors (Lipinski definition) is 2. The summed E-state index contributed by atoms with van der Waals surface area (Å²) in [5.41, 5.74) is 0.489. The monoisotopic (exact) mass is 477 g/mol. The lowest BCUT2D eigenvalue weighted by Gasteiger charge is -2.53. The fraction of sp³-hybridized carbons (Fsp3) is 0.450. The number of β-lactam (4-membered cyclic amide) rings is 1. The van der Waals surface area contributed by atoms with Crippen LogP contribution in [0.5, 0.6) is 0 Å². The van der Waals surface area contributed by atoms with Crippen molar-refractivity contribution in [3.63, 3.8) is 0 Å².